The second-order valence-electron chi connectivity index (χ2n) is 18.0. The molecule has 0 aromatic heterocycles. The standard InChI is InChI=1S/6C7H10F6NO2.3Cu/c6*1-16-3-2-14-4-5(15,6(8,9)10)7(11,12)13;;;/h6*14H,2-4H2,1H3;;;/q6*-1;3*+2. The van der Waals surface area contributed by atoms with E-state index in [1.54, 1.807) is 31.9 Å². The summed E-state index contributed by atoms with van der Waals surface area (Å²) in [5.41, 5.74) is -30.0. The maximum absolute atomic E-state index is 12.0. The van der Waals surface area contributed by atoms with E-state index >= 15 is 0 Å². The molecule has 0 saturated carbocycles. The zero-order valence-corrected chi connectivity index (χ0v) is 53.0. The maximum atomic E-state index is 12.0. The Bertz CT molecular complexity index is 1580. The van der Waals surface area contributed by atoms with Crippen LogP contribution in [0.2, 0.25) is 0 Å². The van der Waals surface area contributed by atoms with Crippen molar-refractivity contribution in [3.8, 4) is 0 Å². The molecule has 6 N–H and O–H groups in total. The van der Waals surface area contributed by atoms with Gasteiger partial charge in [-0.25, -0.2) is 0 Å². The van der Waals surface area contributed by atoms with Crippen molar-refractivity contribution in [2.75, 3.05) is 161 Å². The van der Waals surface area contributed by atoms with Crippen molar-refractivity contribution in [3.05, 3.63) is 0 Å². The van der Waals surface area contributed by atoms with Crippen molar-refractivity contribution >= 4 is 0 Å². The fourth-order valence-corrected chi connectivity index (χ4v) is 4.80. The molecule has 0 bridgehead atoms. The van der Waals surface area contributed by atoms with Crippen molar-refractivity contribution in [1.29, 1.82) is 0 Å². The average Bonchev–Trinajstić information content (AvgIpc) is 0.915. The summed E-state index contributed by atoms with van der Waals surface area (Å²) >= 11 is 0. The topological polar surface area (TPSA) is 266 Å². The Morgan fingerprint density at radius 3 is 0.303 bits per heavy atom. The van der Waals surface area contributed by atoms with Crippen molar-refractivity contribution in [3.63, 3.8) is 0 Å². The van der Waals surface area contributed by atoms with E-state index in [0.717, 1.165) is 0 Å². The normalized spacial score (nSPS) is 13.8. The van der Waals surface area contributed by atoms with Gasteiger partial charge in [0.2, 0.25) is 0 Å². The molecule has 0 aromatic carbocycles. The molecule has 0 atom stereocenters. The summed E-state index contributed by atoms with van der Waals surface area (Å²) in [4.78, 5) is 0. The third kappa shape index (κ3) is 39.0. The molecule has 615 valence electrons. The van der Waals surface area contributed by atoms with Gasteiger partial charge in [-0.2, -0.15) is 158 Å². The number of halogens is 36. The van der Waals surface area contributed by atoms with Crippen LogP contribution in [0.5, 0.6) is 0 Å². The zero-order chi connectivity index (χ0) is 78.2. The maximum Gasteiger partial charge on any atom is 2.00 e. The smallest absolute Gasteiger partial charge is 0.835 e. The van der Waals surface area contributed by atoms with Crippen LogP contribution >= 0.6 is 0 Å². The molecule has 0 rings (SSSR count). The van der Waals surface area contributed by atoms with Gasteiger partial charge in [-0.15, -0.1) is 0 Å². The number of rotatable bonds is 30. The third-order valence-electron chi connectivity index (χ3n) is 10.6. The van der Waals surface area contributed by atoms with E-state index in [-0.39, 0.29) is 130 Å². The van der Waals surface area contributed by atoms with Gasteiger partial charge >= 0.3 is 125 Å². The summed E-state index contributed by atoms with van der Waals surface area (Å²) in [6.07, 6.45) is -70.8. The first-order valence-electron chi connectivity index (χ1n) is 24.6. The molecule has 57 heteroatoms. The van der Waals surface area contributed by atoms with Gasteiger partial charge in [0.1, 0.15) is 0 Å². The Morgan fingerprint density at radius 1 is 0.182 bits per heavy atom. The second kappa shape index (κ2) is 47.1. The molecular weight excluding hydrogens is 1660 g/mol. The Hall–Kier alpha value is -1.68. The first kappa shape index (κ1) is 116. The SMILES string of the molecule is COCCNCC([O-])(C(F)(F)F)C(F)(F)F.COCCNCC([O-])(C(F)(F)F)C(F)(F)F.COCCNCC([O-])(C(F)(F)F)C(F)(F)F.COCCNCC([O-])(C(F)(F)F)C(F)(F)F.COCCNCC([O-])(C(F)(F)F)C(F)(F)F.COCCNCC([O-])(C(F)(F)F)C(F)(F)F.[Cu+2].[Cu+2].[Cu+2]. The number of hydrogen-bond donors (Lipinski definition) is 6. The van der Waals surface area contributed by atoms with Gasteiger partial charge in [-0.05, 0) is 0 Å². The van der Waals surface area contributed by atoms with Crippen molar-refractivity contribution < 1.29 is 268 Å². The molecule has 0 amide bonds. The van der Waals surface area contributed by atoms with E-state index in [1.807, 2.05) is 0 Å². The summed E-state index contributed by atoms with van der Waals surface area (Å²) in [5, 5.41) is 75.1. The minimum absolute atomic E-state index is 0. The molecule has 0 saturated heterocycles. The molecule has 0 unspecified atom stereocenters. The van der Waals surface area contributed by atoms with E-state index in [0.29, 0.717) is 0 Å². The second-order valence-corrected chi connectivity index (χ2v) is 18.0. The molecule has 3 radical (unpaired) electrons. The number of hydrogen-bond acceptors (Lipinski definition) is 18. The molecule has 0 aliphatic carbocycles. The fourth-order valence-electron chi connectivity index (χ4n) is 4.80. The Morgan fingerprint density at radius 2 is 0.253 bits per heavy atom. The first-order chi connectivity index (χ1) is 42.4. The summed E-state index contributed by atoms with van der Waals surface area (Å²) < 4.78 is 459. The number of nitrogens with one attached hydrogen (secondary N) is 6. The van der Waals surface area contributed by atoms with E-state index < -0.39 is 147 Å². The molecule has 18 nitrogen and oxygen atoms in total. The molecule has 0 spiro atoms. The average molecular weight is 1720 g/mol. The molecule has 0 aliphatic rings. The Kier molecular flexibility index (Phi) is 55.1. The first-order valence-corrected chi connectivity index (χ1v) is 24.6. The zero-order valence-electron chi connectivity index (χ0n) is 50.1. The van der Waals surface area contributed by atoms with Crippen molar-refractivity contribution in [2.24, 2.45) is 0 Å². The van der Waals surface area contributed by atoms with E-state index in [9.17, 15) is 189 Å². The Labute approximate surface area is 567 Å². The molecule has 0 aromatic rings. The number of ether oxygens (including phenoxy) is 6. The summed E-state index contributed by atoms with van der Waals surface area (Å²) in [6.45, 7) is -12.8. The van der Waals surface area contributed by atoms with E-state index in [1.165, 1.54) is 42.7 Å². The van der Waals surface area contributed by atoms with Gasteiger partial charge < -0.3 is 91.0 Å². The molecule has 0 aliphatic heterocycles. The van der Waals surface area contributed by atoms with Crippen LogP contribution in [0.3, 0.4) is 0 Å². The molecule has 0 heterocycles. The Balaban J connectivity index is -0.000000139. The number of alkyl halides is 36. The van der Waals surface area contributed by atoms with Crippen LogP contribution in [0.1, 0.15) is 0 Å². The predicted octanol–water partition coefficient (Wildman–Crippen LogP) is 2.67. The van der Waals surface area contributed by atoms with Crippen molar-refractivity contribution in [2.45, 2.75) is 108 Å². The van der Waals surface area contributed by atoms with Crippen LogP contribution in [0.15, 0.2) is 0 Å². The van der Waals surface area contributed by atoms with Crippen LogP contribution in [0.25, 0.3) is 0 Å². The third-order valence-corrected chi connectivity index (χ3v) is 10.6. The van der Waals surface area contributed by atoms with Gasteiger partial charge in [0.25, 0.3) is 0 Å². The van der Waals surface area contributed by atoms with E-state index in [4.69, 9.17) is 0 Å². The summed E-state index contributed by atoms with van der Waals surface area (Å²) in [5.74, 6) is 0. The van der Waals surface area contributed by atoms with Crippen LogP contribution in [0.4, 0.5) is 158 Å². The van der Waals surface area contributed by atoms with Crippen LogP contribution < -0.4 is 62.5 Å². The largest absolute Gasteiger partial charge is 2.00 e. The minimum atomic E-state index is -5.90. The molecule has 99 heavy (non-hydrogen) atoms. The fraction of sp³-hybridized carbons (Fsp3) is 1.00. The quantitative estimate of drug-likeness (QED) is 0.0343. The molecular formula is C42H60Cu3F36N6O12. The van der Waals surface area contributed by atoms with Crippen LogP contribution in [-0.4, -0.2) is 269 Å². The van der Waals surface area contributed by atoms with Gasteiger partial charge in [-0.1, -0.05) is 0 Å². The van der Waals surface area contributed by atoms with E-state index in [2.05, 4.69) is 28.4 Å². The van der Waals surface area contributed by atoms with Gasteiger partial charge in [0.05, 0.1) is 73.2 Å². The summed E-state index contributed by atoms with van der Waals surface area (Å²) in [7, 11) is 7.33. The number of methoxy groups -OCH3 is 6. The van der Waals surface area contributed by atoms with Crippen LogP contribution in [0, 0.1) is 0 Å². The van der Waals surface area contributed by atoms with Gasteiger partial charge in [0.15, 0.2) is 0 Å². The van der Waals surface area contributed by atoms with Gasteiger partial charge in [-0.3, -0.25) is 0 Å². The summed E-state index contributed by atoms with van der Waals surface area (Å²) in [6, 6.07) is 0. The molecule has 0 fully saturated rings. The van der Waals surface area contributed by atoms with Crippen molar-refractivity contribution in [1.82, 2.24) is 31.9 Å². The van der Waals surface area contributed by atoms with Gasteiger partial charge in [0, 0.05) is 121 Å². The van der Waals surface area contributed by atoms with Crippen LogP contribution in [-0.2, 0) is 79.6 Å². The monoisotopic (exact) mass is 1710 g/mol. The predicted molar refractivity (Wildman–Crippen MR) is 238 cm³/mol. The minimum Gasteiger partial charge on any atom is -0.835 e.